The molecule has 0 unspecified atom stereocenters. The van der Waals surface area contributed by atoms with Crippen molar-refractivity contribution in [1.29, 1.82) is 0 Å². The molecular weight excluding hydrogens is 448 g/mol. The largest absolute Gasteiger partial charge is 0.393 e. The van der Waals surface area contributed by atoms with Crippen molar-refractivity contribution >= 4 is 5.78 Å². The molecular formula is C28H46O7. The van der Waals surface area contributed by atoms with Crippen molar-refractivity contribution in [2.45, 2.75) is 116 Å². The molecule has 4 rings (SSSR count). The summed E-state index contributed by atoms with van der Waals surface area (Å²) in [5.74, 6) is -1.04. The van der Waals surface area contributed by atoms with Gasteiger partial charge in [-0.3, -0.25) is 4.79 Å². The van der Waals surface area contributed by atoms with E-state index >= 15 is 0 Å². The molecule has 6 N–H and O–H groups in total. The second kappa shape index (κ2) is 8.60. The Hall–Kier alpha value is -0.830. The second-order valence-corrected chi connectivity index (χ2v) is 13.5. The number of allylic oxidation sites excluding steroid dienone is 1. The minimum absolute atomic E-state index is 0.0156. The standard InChI is InChI=1S/C28H46O7/c1-14(2)15(3)9-23(33)27(6,34)24-22(32)13-28(35)17-10-19(29)18-11-20(30)21(31)12-25(18,4)16(17)7-8-26(24,28)5/h10,14-16,18,20-24,30-35H,7-9,11-13H2,1-6H3/t15-,16+,18+,20-,21+,22+,23-,24+,25-,26-,27+,28-/m1/s1. The van der Waals surface area contributed by atoms with Gasteiger partial charge < -0.3 is 30.6 Å². The summed E-state index contributed by atoms with van der Waals surface area (Å²) in [5, 5.41) is 67.1. The smallest absolute Gasteiger partial charge is 0.159 e. The zero-order chi connectivity index (χ0) is 26.3. The van der Waals surface area contributed by atoms with Crippen molar-refractivity contribution in [3.8, 4) is 0 Å². The molecule has 0 saturated heterocycles. The predicted molar refractivity (Wildman–Crippen MR) is 131 cm³/mol. The summed E-state index contributed by atoms with van der Waals surface area (Å²) in [6.07, 6.45) is -0.487. The molecule has 0 aliphatic heterocycles. The summed E-state index contributed by atoms with van der Waals surface area (Å²) in [5.41, 5.74) is -4.12. The Kier molecular flexibility index (Phi) is 6.69. The lowest BCUT2D eigenvalue weighted by atomic mass is 9.45. The third-order valence-electron chi connectivity index (χ3n) is 11.2. The van der Waals surface area contributed by atoms with Crippen molar-refractivity contribution in [2.24, 2.45) is 40.4 Å². The molecule has 7 heteroatoms. The third-order valence-corrected chi connectivity index (χ3v) is 11.2. The highest BCUT2D eigenvalue weighted by Crippen LogP contribution is 2.68. The maximum absolute atomic E-state index is 13.3. The number of hydrogen-bond acceptors (Lipinski definition) is 7. The highest BCUT2D eigenvalue weighted by atomic mass is 16.3. The van der Waals surface area contributed by atoms with Crippen molar-refractivity contribution in [1.82, 2.24) is 0 Å². The third kappa shape index (κ3) is 3.79. The molecule has 4 aliphatic rings. The highest BCUT2D eigenvalue weighted by Gasteiger charge is 2.71. The van der Waals surface area contributed by atoms with Gasteiger partial charge in [0, 0.05) is 23.7 Å². The van der Waals surface area contributed by atoms with Gasteiger partial charge in [-0.1, -0.05) is 34.6 Å². The Morgan fingerprint density at radius 3 is 2.29 bits per heavy atom. The molecule has 0 spiro atoms. The summed E-state index contributed by atoms with van der Waals surface area (Å²) >= 11 is 0. The van der Waals surface area contributed by atoms with Crippen molar-refractivity contribution in [2.75, 3.05) is 0 Å². The Labute approximate surface area is 209 Å². The van der Waals surface area contributed by atoms with Crippen LogP contribution in [0.1, 0.15) is 80.1 Å². The van der Waals surface area contributed by atoms with Crippen LogP contribution in [0.4, 0.5) is 0 Å². The predicted octanol–water partition coefficient (Wildman–Crippen LogP) is 1.96. The van der Waals surface area contributed by atoms with Gasteiger partial charge in [-0.25, -0.2) is 0 Å². The van der Waals surface area contributed by atoms with E-state index in [1.165, 1.54) is 6.08 Å². The number of aliphatic hydroxyl groups excluding tert-OH is 4. The lowest BCUT2D eigenvalue weighted by Crippen LogP contribution is -2.63. The zero-order valence-electron chi connectivity index (χ0n) is 22.1. The van der Waals surface area contributed by atoms with Crippen LogP contribution in [0.5, 0.6) is 0 Å². The van der Waals surface area contributed by atoms with Crippen molar-refractivity contribution in [3.05, 3.63) is 11.6 Å². The van der Waals surface area contributed by atoms with E-state index in [-0.39, 0.29) is 36.9 Å². The number of hydrogen-bond donors (Lipinski definition) is 6. The van der Waals surface area contributed by atoms with Crippen LogP contribution in [0.15, 0.2) is 11.6 Å². The average Bonchev–Trinajstić information content (AvgIpc) is 2.95. The molecule has 0 aromatic rings. The first-order chi connectivity index (χ1) is 16.0. The number of carbonyl (C=O) groups is 1. The number of aliphatic hydroxyl groups is 6. The summed E-state index contributed by atoms with van der Waals surface area (Å²) in [6.45, 7) is 11.6. The monoisotopic (exact) mass is 494 g/mol. The van der Waals surface area contributed by atoms with Gasteiger partial charge >= 0.3 is 0 Å². The van der Waals surface area contributed by atoms with E-state index in [0.29, 0.717) is 30.8 Å². The van der Waals surface area contributed by atoms with E-state index in [9.17, 15) is 35.4 Å². The Morgan fingerprint density at radius 2 is 1.69 bits per heavy atom. The summed E-state index contributed by atoms with van der Waals surface area (Å²) < 4.78 is 0. The molecule has 0 amide bonds. The molecule has 7 nitrogen and oxygen atoms in total. The van der Waals surface area contributed by atoms with Crippen LogP contribution < -0.4 is 0 Å². The lowest BCUT2D eigenvalue weighted by Gasteiger charge is -2.60. The van der Waals surface area contributed by atoms with Gasteiger partial charge in [0.15, 0.2) is 5.78 Å². The fraction of sp³-hybridized carbons (Fsp3) is 0.893. The van der Waals surface area contributed by atoms with E-state index in [2.05, 4.69) is 13.8 Å². The van der Waals surface area contributed by atoms with Crippen LogP contribution in [0.25, 0.3) is 0 Å². The molecule has 0 bridgehead atoms. The van der Waals surface area contributed by atoms with E-state index in [1.807, 2.05) is 20.8 Å². The molecule has 4 aliphatic carbocycles. The molecule has 0 aromatic heterocycles. The van der Waals surface area contributed by atoms with E-state index in [4.69, 9.17) is 0 Å². The van der Waals surface area contributed by atoms with Gasteiger partial charge in [0.05, 0.1) is 35.6 Å². The van der Waals surface area contributed by atoms with E-state index in [1.54, 1.807) is 6.92 Å². The van der Waals surface area contributed by atoms with Crippen LogP contribution in [0, 0.1) is 40.4 Å². The number of ketones is 1. The summed E-state index contributed by atoms with van der Waals surface area (Å²) in [4.78, 5) is 13.3. The van der Waals surface area contributed by atoms with Crippen LogP contribution in [0.3, 0.4) is 0 Å². The maximum Gasteiger partial charge on any atom is 0.159 e. The van der Waals surface area contributed by atoms with Crippen molar-refractivity contribution < 1.29 is 35.4 Å². The van der Waals surface area contributed by atoms with Crippen molar-refractivity contribution in [3.63, 3.8) is 0 Å². The molecule has 3 fully saturated rings. The fourth-order valence-corrected chi connectivity index (χ4v) is 8.52. The van der Waals surface area contributed by atoms with Crippen LogP contribution in [-0.2, 0) is 4.79 Å². The summed E-state index contributed by atoms with van der Waals surface area (Å²) in [7, 11) is 0. The minimum Gasteiger partial charge on any atom is -0.393 e. The SMILES string of the molecule is CC(C)[C@H](C)C[C@@H](O)[C@](C)(O)[C@H]1[C@@H](O)C[C@@]2(O)C3=CC(=O)[C@@H]4C[C@@H](O)[C@@H](O)C[C@]4(C)[C@H]3CC[C@]12C. The van der Waals surface area contributed by atoms with Gasteiger partial charge in [0.1, 0.15) is 0 Å². The Bertz CT molecular complexity index is 883. The zero-order valence-corrected chi connectivity index (χ0v) is 22.1. The van der Waals surface area contributed by atoms with Gasteiger partial charge in [-0.05, 0) is 73.8 Å². The van der Waals surface area contributed by atoms with E-state index in [0.717, 1.165) is 0 Å². The van der Waals surface area contributed by atoms with E-state index < -0.39 is 58.3 Å². The molecule has 200 valence electrons. The Morgan fingerprint density at radius 1 is 1.06 bits per heavy atom. The lowest BCUT2D eigenvalue weighted by molar-refractivity contribution is -0.186. The summed E-state index contributed by atoms with van der Waals surface area (Å²) in [6, 6.07) is 0. The normalized spacial score (nSPS) is 48.9. The first-order valence-corrected chi connectivity index (χ1v) is 13.4. The quantitative estimate of drug-likeness (QED) is 0.343. The molecule has 12 atom stereocenters. The minimum atomic E-state index is -1.63. The van der Waals surface area contributed by atoms with Crippen LogP contribution >= 0.6 is 0 Å². The first kappa shape index (κ1) is 27.2. The molecule has 3 saturated carbocycles. The van der Waals surface area contributed by atoms with Gasteiger partial charge in [0.2, 0.25) is 0 Å². The first-order valence-electron chi connectivity index (χ1n) is 13.4. The fourth-order valence-electron chi connectivity index (χ4n) is 8.52. The number of carbonyl (C=O) groups excluding carboxylic acids is 1. The number of rotatable bonds is 5. The molecule has 0 radical (unpaired) electrons. The van der Waals surface area contributed by atoms with Gasteiger partial charge in [-0.15, -0.1) is 0 Å². The highest BCUT2D eigenvalue weighted by molar-refractivity contribution is 5.95. The van der Waals surface area contributed by atoms with Gasteiger partial charge in [-0.2, -0.15) is 0 Å². The maximum atomic E-state index is 13.3. The average molecular weight is 495 g/mol. The molecule has 0 aromatic carbocycles. The van der Waals surface area contributed by atoms with Crippen LogP contribution in [0.2, 0.25) is 0 Å². The van der Waals surface area contributed by atoms with Gasteiger partial charge in [0.25, 0.3) is 0 Å². The van der Waals surface area contributed by atoms with Crippen LogP contribution in [-0.4, -0.2) is 72.0 Å². The molecule has 0 heterocycles. The second-order valence-electron chi connectivity index (χ2n) is 13.5. The number of fused-ring (bicyclic) bond motifs is 5. The Balaban J connectivity index is 1.72. The molecule has 35 heavy (non-hydrogen) atoms. The topological polar surface area (TPSA) is 138 Å².